The summed E-state index contributed by atoms with van der Waals surface area (Å²) in [7, 11) is 0. The lowest BCUT2D eigenvalue weighted by atomic mass is 9.81. The average molecular weight is 273 g/mol. The van der Waals surface area contributed by atoms with Gasteiger partial charge in [-0.1, -0.05) is 24.3 Å². The Labute approximate surface area is 118 Å². The number of carbonyl (C=O) groups excluding carboxylic acids is 1. The van der Waals surface area contributed by atoms with E-state index < -0.39 is 5.97 Å². The van der Waals surface area contributed by atoms with E-state index in [1.807, 2.05) is 17.0 Å². The maximum atomic E-state index is 12.6. The molecule has 1 aliphatic carbocycles. The minimum atomic E-state index is -0.773. The van der Waals surface area contributed by atoms with Crippen LogP contribution in [0.25, 0.3) is 0 Å². The molecule has 0 radical (unpaired) electrons. The van der Waals surface area contributed by atoms with Crippen molar-refractivity contribution in [1.82, 2.24) is 4.90 Å². The molecule has 106 valence electrons. The molecular weight excluding hydrogens is 254 g/mol. The Morgan fingerprint density at radius 2 is 2.00 bits per heavy atom. The fourth-order valence-corrected chi connectivity index (χ4v) is 3.36. The van der Waals surface area contributed by atoms with Gasteiger partial charge < -0.3 is 10.0 Å². The van der Waals surface area contributed by atoms with Crippen LogP contribution in [0.4, 0.5) is 0 Å². The van der Waals surface area contributed by atoms with Crippen molar-refractivity contribution in [1.29, 1.82) is 0 Å². The number of amides is 1. The number of fused-ring (bicyclic) bond motifs is 1. The van der Waals surface area contributed by atoms with Crippen LogP contribution in [0.15, 0.2) is 24.3 Å². The first kappa shape index (κ1) is 13.2. The van der Waals surface area contributed by atoms with Crippen molar-refractivity contribution in [3.05, 3.63) is 35.4 Å². The molecule has 0 aromatic heterocycles. The van der Waals surface area contributed by atoms with E-state index >= 15 is 0 Å². The predicted octanol–water partition coefficient (Wildman–Crippen LogP) is 2.04. The van der Waals surface area contributed by atoms with Crippen molar-refractivity contribution < 1.29 is 14.7 Å². The highest BCUT2D eigenvalue weighted by atomic mass is 16.4. The molecule has 1 amide bonds. The van der Waals surface area contributed by atoms with Crippen LogP contribution in [0.1, 0.15) is 36.3 Å². The highest BCUT2D eigenvalue weighted by Gasteiger charge is 2.37. The lowest BCUT2D eigenvalue weighted by molar-refractivity contribution is -0.146. The lowest BCUT2D eigenvalue weighted by Gasteiger charge is -2.41. The maximum Gasteiger partial charge on any atom is 0.303 e. The van der Waals surface area contributed by atoms with Gasteiger partial charge in [0.1, 0.15) is 0 Å². The monoisotopic (exact) mass is 273 g/mol. The molecule has 1 aromatic carbocycles. The number of likely N-dealkylation sites (tertiary alicyclic amines) is 1. The van der Waals surface area contributed by atoms with E-state index in [1.54, 1.807) is 0 Å². The van der Waals surface area contributed by atoms with Gasteiger partial charge in [-0.15, -0.1) is 0 Å². The first-order valence-corrected chi connectivity index (χ1v) is 7.23. The van der Waals surface area contributed by atoms with E-state index in [1.165, 1.54) is 11.1 Å². The number of benzene rings is 1. The molecule has 1 fully saturated rings. The number of carbonyl (C=O) groups is 2. The van der Waals surface area contributed by atoms with Crippen LogP contribution in [0.5, 0.6) is 0 Å². The third-order valence-electron chi connectivity index (χ3n) is 4.40. The summed E-state index contributed by atoms with van der Waals surface area (Å²) in [5, 5.41) is 8.75. The number of hydrogen-bond acceptors (Lipinski definition) is 2. The molecule has 1 N–H and O–H groups in total. The Bertz CT molecular complexity index is 534. The standard InChI is InChI=1S/C16H19NO3/c18-15(19)8-11-9-17(10-11)16(20)14-7-3-5-12-4-1-2-6-13(12)14/h1-2,4,6,11,14H,3,5,7-10H2,(H,18,19). The summed E-state index contributed by atoms with van der Waals surface area (Å²) in [6.45, 7) is 1.20. The fraction of sp³-hybridized carbons (Fsp3) is 0.500. The minimum absolute atomic E-state index is 0.0225. The van der Waals surface area contributed by atoms with Crippen molar-refractivity contribution in [3.63, 3.8) is 0 Å². The van der Waals surface area contributed by atoms with Crippen LogP contribution in [0.2, 0.25) is 0 Å². The van der Waals surface area contributed by atoms with Crippen LogP contribution >= 0.6 is 0 Å². The zero-order valence-electron chi connectivity index (χ0n) is 11.4. The van der Waals surface area contributed by atoms with E-state index in [0.29, 0.717) is 13.1 Å². The average Bonchev–Trinajstić information content (AvgIpc) is 2.41. The molecule has 0 bridgehead atoms. The topological polar surface area (TPSA) is 57.6 Å². The highest BCUT2D eigenvalue weighted by molar-refractivity contribution is 5.85. The van der Waals surface area contributed by atoms with Gasteiger partial charge in [0.2, 0.25) is 5.91 Å². The van der Waals surface area contributed by atoms with Gasteiger partial charge in [0, 0.05) is 19.0 Å². The Hall–Kier alpha value is -1.84. The maximum absolute atomic E-state index is 12.6. The van der Waals surface area contributed by atoms with Crippen molar-refractivity contribution in [2.24, 2.45) is 5.92 Å². The zero-order chi connectivity index (χ0) is 14.1. The van der Waals surface area contributed by atoms with E-state index in [4.69, 9.17) is 5.11 Å². The van der Waals surface area contributed by atoms with Gasteiger partial charge in [-0.05, 0) is 30.4 Å². The molecule has 1 saturated heterocycles. The molecule has 2 aliphatic rings. The molecule has 1 heterocycles. The van der Waals surface area contributed by atoms with Gasteiger partial charge in [0.25, 0.3) is 0 Å². The van der Waals surface area contributed by atoms with E-state index in [2.05, 4.69) is 12.1 Å². The van der Waals surface area contributed by atoms with Gasteiger partial charge in [-0.3, -0.25) is 9.59 Å². The fourth-order valence-electron chi connectivity index (χ4n) is 3.36. The molecule has 20 heavy (non-hydrogen) atoms. The van der Waals surface area contributed by atoms with Crippen LogP contribution in [0, 0.1) is 5.92 Å². The summed E-state index contributed by atoms with van der Waals surface area (Å²) in [5.41, 5.74) is 2.46. The second kappa shape index (κ2) is 5.27. The summed E-state index contributed by atoms with van der Waals surface area (Å²) >= 11 is 0. The van der Waals surface area contributed by atoms with Crippen LogP contribution < -0.4 is 0 Å². The molecule has 0 spiro atoms. The Morgan fingerprint density at radius 1 is 1.25 bits per heavy atom. The van der Waals surface area contributed by atoms with Crippen LogP contribution in [-0.4, -0.2) is 35.0 Å². The Kier molecular flexibility index (Phi) is 3.47. The molecule has 1 aromatic rings. The van der Waals surface area contributed by atoms with Crippen LogP contribution in [0.3, 0.4) is 0 Å². The second-order valence-corrected chi connectivity index (χ2v) is 5.85. The summed E-state index contributed by atoms with van der Waals surface area (Å²) in [4.78, 5) is 25.0. The first-order valence-electron chi connectivity index (χ1n) is 7.23. The molecule has 1 aliphatic heterocycles. The van der Waals surface area contributed by atoms with Gasteiger partial charge in [-0.25, -0.2) is 0 Å². The number of hydrogen-bond donors (Lipinski definition) is 1. The van der Waals surface area contributed by atoms with Crippen molar-refractivity contribution in [2.45, 2.75) is 31.6 Å². The van der Waals surface area contributed by atoms with Gasteiger partial charge in [0.15, 0.2) is 0 Å². The Balaban J connectivity index is 1.66. The largest absolute Gasteiger partial charge is 0.481 e. The molecule has 4 nitrogen and oxygen atoms in total. The molecule has 1 unspecified atom stereocenters. The third kappa shape index (κ3) is 2.42. The summed E-state index contributed by atoms with van der Waals surface area (Å²) in [6, 6.07) is 8.19. The van der Waals surface area contributed by atoms with Gasteiger partial charge >= 0.3 is 5.97 Å². The molecule has 4 heteroatoms. The number of aryl methyl sites for hydroxylation is 1. The lowest BCUT2D eigenvalue weighted by Crippen LogP contribution is -2.52. The minimum Gasteiger partial charge on any atom is -0.481 e. The zero-order valence-corrected chi connectivity index (χ0v) is 11.4. The first-order chi connectivity index (χ1) is 9.65. The number of aliphatic carboxylic acids is 1. The summed E-state index contributed by atoms with van der Waals surface area (Å²) < 4.78 is 0. The molecule has 3 rings (SSSR count). The highest BCUT2D eigenvalue weighted by Crippen LogP contribution is 2.34. The van der Waals surface area contributed by atoms with Crippen molar-refractivity contribution in [2.75, 3.05) is 13.1 Å². The third-order valence-corrected chi connectivity index (χ3v) is 4.40. The molecule has 1 atom stereocenters. The van der Waals surface area contributed by atoms with E-state index in [-0.39, 0.29) is 24.2 Å². The quantitative estimate of drug-likeness (QED) is 0.917. The van der Waals surface area contributed by atoms with Crippen molar-refractivity contribution >= 4 is 11.9 Å². The van der Waals surface area contributed by atoms with Crippen LogP contribution in [-0.2, 0) is 16.0 Å². The van der Waals surface area contributed by atoms with Crippen molar-refractivity contribution in [3.8, 4) is 0 Å². The summed E-state index contributed by atoms with van der Waals surface area (Å²) in [6.07, 6.45) is 3.20. The SMILES string of the molecule is O=C(O)CC1CN(C(=O)C2CCCc3ccccc32)C1. The van der Waals surface area contributed by atoms with Gasteiger partial charge in [0.05, 0.1) is 12.3 Å². The second-order valence-electron chi connectivity index (χ2n) is 5.85. The summed E-state index contributed by atoms with van der Waals surface area (Å²) in [5.74, 6) is -0.482. The number of rotatable bonds is 3. The number of carboxylic acids is 1. The van der Waals surface area contributed by atoms with E-state index in [0.717, 1.165) is 19.3 Å². The number of carboxylic acid groups (broad SMARTS) is 1. The predicted molar refractivity (Wildman–Crippen MR) is 74.4 cm³/mol. The normalized spacial score (nSPS) is 22.0. The molecule has 0 saturated carbocycles. The van der Waals surface area contributed by atoms with E-state index in [9.17, 15) is 9.59 Å². The van der Waals surface area contributed by atoms with Gasteiger partial charge in [-0.2, -0.15) is 0 Å². The smallest absolute Gasteiger partial charge is 0.303 e. The number of nitrogens with zero attached hydrogens (tertiary/aromatic N) is 1. The Morgan fingerprint density at radius 3 is 2.75 bits per heavy atom. The molecular formula is C16H19NO3.